The molecular weight excluding hydrogens is 348 g/mol. The third kappa shape index (κ3) is 3.97. The number of hydrogen-bond acceptors (Lipinski definition) is 4. The molecule has 138 valence electrons. The molecule has 2 aromatic rings. The number of nitrogens with zero attached hydrogens (tertiary/aromatic N) is 1. The molecule has 2 unspecified atom stereocenters. The number of nitrogens with one attached hydrogen (secondary N) is 1. The van der Waals surface area contributed by atoms with Gasteiger partial charge in [0.15, 0.2) is 0 Å². The van der Waals surface area contributed by atoms with Crippen molar-refractivity contribution < 1.29 is 14.3 Å². The number of ether oxygens (including phenoxy) is 1. The minimum Gasteiger partial charge on any atom is -0.383 e. The quantitative estimate of drug-likeness (QED) is 0.793. The van der Waals surface area contributed by atoms with Gasteiger partial charge >= 0.3 is 0 Å². The van der Waals surface area contributed by atoms with Gasteiger partial charge in [-0.25, -0.2) is 0 Å². The number of carbonyl (C=O) groups is 2. The van der Waals surface area contributed by atoms with Gasteiger partial charge in [0.2, 0.25) is 5.91 Å². The van der Waals surface area contributed by atoms with Crippen molar-refractivity contribution in [3.63, 3.8) is 0 Å². The summed E-state index contributed by atoms with van der Waals surface area (Å²) in [7, 11) is 1.61. The van der Waals surface area contributed by atoms with Crippen LogP contribution in [0.2, 0.25) is 0 Å². The zero-order valence-corrected chi connectivity index (χ0v) is 15.9. The van der Waals surface area contributed by atoms with Crippen LogP contribution in [0.1, 0.15) is 26.7 Å². The van der Waals surface area contributed by atoms with E-state index in [1.165, 1.54) is 11.3 Å². The summed E-state index contributed by atoms with van der Waals surface area (Å²) in [6, 6.07) is 11.8. The van der Waals surface area contributed by atoms with Gasteiger partial charge in [0.25, 0.3) is 5.91 Å². The molecule has 0 saturated carbocycles. The molecule has 1 aromatic heterocycles. The highest BCUT2D eigenvalue weighted by Crippen LogP contribution is 2.35. The van der Waals surface area contributed by atoms with Crippen LogP contribution in [0.15, 0.2) is 41.8 Å². The smallest absolute Gasteiger partial charge is 0.263 e. The van der Waals surface area contributed by atoms with Gasteiger partial charge in [-0.2, -0.15) is 0 Å². The number of thiophene rings is 1. The number of rotatable bonds is 6. The van der Waals surface area contributed by atoms with E-state index in [1.807, 2.05) is 34.5 Å². The van der Waals surface area contributed by atoms with Crippen molar-refractivity contribution in [1.29, 1.82) is 0 Å². The average molecular weight is 372 g/mol. The molecule has 0 radical (unpaired) electrons. The number of likely N-dealkylation sites (tertiary alicyclic amines) is 1. The number of amides is 2. The molecule has 6 heteroatoms. The van der Waals surface area contributed by atoms with Crippen LogP contribution in [0.4, 0.5) is 0 Å². The first-order chi connectivity index (χ1) is 12.6. The largest absolute Gasteiger partial charge is 0.383 e. The van der Waals surface area contributed by atoms with Crippen LogP contribution < -0.4 is 5.32 Å². The van der Waals surface area contributed by atoms with Gasteiger partial charge in [-0.3, -0.25) is 9.59 Å². The summed E-state index contributed by atoms with van der Waals surface area (Å²) in [6.07, 6.45) is 0. The first kappa shape index (κ1) is 18.6. The number of hydrogen-bond donors (Lipinski definition) is 1. The predicted octanol–water partition coefficient (Wildman–Crippen LogP) is 2.67. The first-order valence-corrected chi connectivity index (χ1v) is 9.64. The molecule has 2 amide bonds. The molecule has 1 saturated heterocycles. The second-order valence-corrected chi connectivity index (χ2v) is 7.49. The maximum atomic E-state index is 12.8. The molecular formula is C20H24N2O3S. The van der Waals surface area contributed by atoms with Crippen molar-refractivity contribution >= 4 is 23.2 Å². The van der Waals surface area contributed by atoms with Crippen LogP contribution in [0, 0.1) is 12.8 Å². The van der Waals surface area contributed by atoms with Crippen molar-refractivity contribution in [1.82, 2.24) is 10.2 Å². The summed E-state index contributed by atoms with van der Waals surface area (Å²) < 4.78 is 5.02. The van der Waals surface area contributed by atoms with E-state index in [0.29, 0.717) is 31.1 Å². The molecule has 1 aromatic carbocycles. The van der Waals surface area contributed by atoms with Crippen LogP contribution in [-0.4, -0.2) is 50.1 Å². The molecule has 2 heterocycles. The standard InChI is InChI=1S/C20H24N2O3S/c1-14-6-3-4-7-15(14)16-12-22(20(24)18-8-5-11-26-18)13-17(16)19(23)21-9-10-25-2/h3-8,11,16-17H,9-10,12-13H2,1-2H3,(H,21,23). The molecule has 5 nitrogen and oxygen atoms in total. The Morgan fingerprint density at radius 2 is 2.04 bits per heavy atom. The van der Waals surface area contributed by atoms with Crippen LogP contribution in [0.3, 0.4) is 0 Å². The highest BCUT2D eigenvalue weighted by molar-refractivity contribution is 7.12. The van der Waals surface area contributed by atoms with E-state index in [-0.39, 0.29) is 23.7 Å². The van der Waals surface area contributed by atoms with Crippen LogP contribution in [0.5, 0.6) is 0 Å². The van der Waals surface area contributed by atoms with Crippen molar-refractivity contribution in [2.45, 2.75) is 12.8 Å². The molecule has 1 N–H and O–H groups in total. The van der Waals surface area contributed by atoms with E-state index in [1.54, 1.807) is 7.11 Å². The fourth-order valence-electron chi connectivity index (χ4n) is 3.52. The second kappa shape index (κ2) is 8.47. The lowest BCUT2D eigenvalue weighted by molar-refractivity contribution is -0.125. The van der Waals surface area contributed by atoms with Gasteiger partial charge in [-0.1, -0.05) is 30.3 Å². The van der Waals surface area contributed by atoms with Gasteiger partial charge in [-0.15, -0.1) is 11.3 Å². The van der Waals surface area contributed by atoms with Crippen molar-refractivity contribution in [3.05, 3.63) is 57.8 Å². The van der Waals surface area contributed by atoms with Crippen LogP contribution in [-0.2, 0) is 9.53 Å². The minimum absolute atomic E-state index is 0.00246. The monoisotopic (exact) mass is 372 g/mol. The lowest BCUT2D eigenvalue weighted by Gasteiger charge is -2.19. The Labute approximate surface area is 158 Å². The molecule has 0 aliphatic carbocycles. The summed E-state index contributed by atoms with van der Waals surface area (Å²) in [4.78, 5) is 28.1. The van der Waals surface area contributed by atoms with Gasteiger partial charge < -0.3 is 15.0 Å². The second-order valence-electron chi connectivity index (χ2n) is 6.54. The summed E-state index contributed by atoms with van der Waals surface area (Å²) in [5.74, 6) is -0.262. The summed E-state index contributed by atoms with van der Waals surface area (Å²) >= 11 is 1.44. The average Bonchev–Trinajstić information content (AvgIpc) is 3.32. The van der Waals surface area contributed by atoms with E-state index < -0.39 is 0 Å². The fourth-order valence-corrected chi connectivity index (χ4v) is 4.21. The van der Waals surface area contributed by atoms with E-state index in [2.05, 4.69) is 24.4 Å². The third-order valence-electron chi connectivity index (χ3n) is 4.87. The summed E-state index contributed by atoms with van der Waals surface area (Å²) in [6.45, 7) is 4.01. The first-order valence-electron chi connectivity index (χ1n) is 8.76. The van der Waals surface area contributed by atoms with E-state index in [4.69, 9.17) is 4.74 Å². The highest BCUT2D eigenvalue weighted by Gasteiger charge is 2.41. The summed E-state index contributed by atoms with van der Waals surface area (Å²) in [5, 5.41) is 4.84. The van der Waals surface area contributed by atoms with E-state index in [0.717, 1.165) is 11.1 Å². The molecule has 3 rings (SSSR count). The molecule has 0 spiro atoms. The Morgan fingerprint density at radius 3 is 2.73 bits per heavy atom. The van der Waals surface area contributed by atoms with Gasteiger partial charge in [0.1, 0.15) is 0 Å². The van der Waals surface area contributed by atoms with Gasteiger partial charge in [0, 0.05) is 32.7 Å². The third-order valence-corrected chi connectivity index (χ3v) is 5.73. The highest BCUT2D eigenvalue weighted by atomic mass is 32.1. The number of methoxy groups -OCH3 is 1. The molecule has 1 fully saturated rings. The minimum atomic E-state index is -0.253. The summed E-state index contributed by atoms with van der Waals surface area (Å²) in [5.41, 5.74) is 2.29. The fraction of sp³-hybridized carbons (Fsp3) is 0.400. The molecule has 1 aliphatic heterocycles. The molecule has 1 aliphatic rings. The lowest BCUT2D eigenvalue weighted by atomic mass is 9.86. The Balaban J connectivity index is 1.82. The molecule has 0 bridgehead atoms. The predicted molar refractivity (Wildman–Crippen MR) is 103 cm³/mol. The van der Waals surface area contributed by atoms with E-state index >= 15 is 0 Å². The lowest BCUT2D eigenvalue weighted by Crippen LogP contribution is -2.37. The maximum Gasteiger partial charge on any atom is 0.263 e. The zero-order chi connectivity index (χ0) is 18.5. The van der Waals surface area contributed by atoms with Gasteiger partial charge in [0.05, 0.1) is 17.4 Å². The molecule has 2 atom stereocenters. The number of benzene rings is 1. The van der Waals surface area contributed by atoms with Crippen molar-refractivity contribution in [2.24, 2.45) is 5.92 Å². The number of carbonyl (C=O) groups excluding carboxylic acids is 2. The Bertz CT molecular complexity index is 760. The van der Waals surface area contributed by atoms with Crippen molar-refractivity contribution in [2.75, 3.05) is 33.4 Å². The molecule has 26 heavy (non-hydrogen) atoms. The van der Waals surface area contributed by atoms with Gasteiger partial charge in [-0.05, 0) is 29.5 Å². The SMILES string of the molecule is COCCNC(=O)C1CN(C(=O)c2cccs2)CC1c1ccccc1C. The Morgan fingerprint density at radius 1 is 1.23 bits per heavy atom. The van der Waals surface area contributed by atoms with E-state index in [9.17, 15) is 9.59 Å². The number of aryl methyl sites for hydroxylation is 1. The van der Waals surface area contributed by atoms with Crippen LogP contribution in [0.25, 0.3) is 0 Å². The topological polar surface area (TPSA) is 58.6 Å². The maximum absolute atomic E-state index is 12.8. The Hall–Kier alpha value is -2.18. The van der Waals surface area contributed by atoms with Crippen molar-refractivity contribution in [3.8, 4) is 0 Å². The normalized spacial score (nSPS) is 19.5. The Kier molecular flexibility index (Phi) is 6.06. The van der Waals surface area contributed by atoms with Crippen LogP contribution >= 0.6 is 11.3 Å². The zero-order valence-electron chi connectivity index (χ0n) is 15.1.